The normalized spacial score (nSPS) is 20.2. The number of ether oxygens (including phenoxy) is 3. The Kier molecular flexibility index (Phi) is 10.1. The van der Waals surface area contributed by atoms with Crippen molar-refractivity contribution >= 4 is 22.9 Å². The average molecular weight is 696 g/mol. The number of imidazole rings is 1. The van der Waals surface area contributed by atoms with Gasteiger partial charge in [0.05, 0.1) is 54.2 Å². The van der Waals surface area contributed by atoms with E-state index in [1.165, 1.54) is 12.1 Å². The SMILES string of the molecule is COc1ccccc1C(OC)(OC)C1CC(CCN2CCC(Nc3nc4ccccc4n3Cc3ccoc3)CC2)(Cc2ccc(F)cc2)C(=O)N1. The molecule has 0 saturated carbocycles. The molecule has 7 rings (SSSR count). The lowest BCUT2D eigenvalue weighted by Gasteiger charge is -2.38. The molecule has 3 aromatic carbocycles. The van der Waals surface area contributed by atoms with E-state index in [0.29, 0.717) is 37.1 Å². The zero-order valence-corrected chi connectivity index (χ0v) is 29.4. The highest BCUT2D eigenvalue weighted by atomic mass is 19.1. The first kappa shape index (κ1) is 34.7. The summed E-state index contributed by atoms with van der Waals surface area (Å²) in [5.41, 5.74) is 3.96. The Labute approximate surface area is 297 Å². The van der Waals surface area contributed by atoms with Crippen LogP contribution in [0.25, 0.3) is 11.0 Å². The van der Waals surface area contributed by atoms with E-state index in [0.717, 1.165) is 60.6 Å². The van der Waals surface area contributed by atoms with Crippen molar-refractivity contribution in [1.82, 2.24) is 19.8 Å². The first-order valence-corrected chi connectivity index (χ1v) is 17.6. The molecule has 10 nitrogen and oxygen atoms in total. The number of furan rings is 1. The lowest BCUT2D eigenvalue weighted by atomic mass is 9.74. The molecule has 0 aliphatic carbocycles. The molecule has 51 heavy (non-hydrogen) atoms. The maximum atomic E-state index is 14.2. The second-order valence-electron chi connectivity index (χ2n) is 13.7. The van der Waals surface area contributed by atoms with Crippen LogP contribution in [0, 0.1) is 11.2 Å². The molecule has 0 radical (unpaired) electrons. The zero-order valence-electron chi connectivity index (χ0n) is 29.4. The second-order valence-corrected chi connectivity index (χ2v) is 13.7. The van der Waals surface area contributed by atoms with Gasteiger partial charge in [-0.1, -0.05) is 36.4 Å². The minimum atomic E-state index is -1.27. The number of nitrogens with one attached hydrogen (secondary N) is 2. The first-order valence-electron chi connectivity index (χ1n) is 17.6. The summed E-state index contributed by atoms with van der Waals surface area (Å²) in [6.45, 7) is 3.19. The van der Waals surface area contributed by atoms with Crippen LogP contribution in [0.5, 0.6) is 5.75 Å². The van der Waals surface area contributed by atoms with E-state index in [1.807, 2.05) is 48.5 Å². The minimum absolute atomic E-state index is 0.0572. The van der Waals surface area contributed by atoms with Crippen LogP contribution in [-0.4, -0.2) is 73.4 Å². The first-order chi connectivity index (χ1) is 24.9. The molecule has 11 heteroatoms. The van der Waals surface area contributed by atoms with Gasteiger partial charge in [0.2, 0.25) is 17.6 Å². The Morgan fingerprint density at radius 1 is 0.980 bits per heavy atom. The van der Waals surface area contributed by atoms with Gasteiger partial charge in [0.1, 0.15) is 11.6 Å². The number of amides is 1. The van der Waals surface area contributed by atoms with Gasteiger partial charge in [0, 0.05) is 38.9 Å². The Hall–Kier alpha value is -4.71. The van der Waals surface area contributed by atoms with Crippen LogP contribution in [0.2, 0.25) is 0 Å². The van der Waals surface area contributed by atoms with Crippen LogP contribution in [0.4, 0.5) is 10.3 Å². The third kappa shape index (κ3) is 6.98. The van der Waals surface area contributed by atoms with E-state index in [4.69, 9.17) is 23.6 Å². The Balaban J connectivity index is 1.06. The van der Waals surface area contributed by atoms with E-state index >= 15 is 0 Å². The molecule has 2 aromatic heterocycles. The maximum absolute atomic E-state index is 14.2. The van der Waals surface area contributed by atoms with Gasteiger partial charge in [0.25, 0.3) is 0 Å². The largest absolute Gasteiger partial charge is 0.496 e. The van der Waals surface area contributed by atoms with Crippen molar-refractivity contribution in [3.63, 3.8) is 0 Å². The summed E-state index contributed by atoms with van der Waals surface area (Å²) in [4.78, 5) is 21.6. The molecule has 1 amide bonds. The summed E-state index contributed by atoms with van der Waals surface area (Å²) in [7, 11) is 4.79. The minimum Gasteiger partial charge on any atom is -0.496 e. The number of halogens is 1. The number of hydrogen-bond acceptors (Lipinski definition) is 8. The van der Waals surface area contributed by atoms with Crippen LogP contribution in [0.1, 0.15) is 42.4 Å². The van der Waals surface area contributed by atoms with Crippen LogP contribution in [0.15, 0.2) is 95.8 Å². The number of piperidine rings is 1. The van der Waals surface area contributed by atoms with Crippen molar-refractivity contribution in [3.8, 4) is 5.75 Å². The summed E-state index contributed by atoms with van der Waals surface area (Å²) >= 11 is 0. The number of aromatic nitrogens is 2. The van der Waals surface area contributed by atoms with E-state index < -0.39 is 17.2 Å². The molecule has 0 bridgehead atoms. The van der Waals surface area contributed by atoms with Crippen molar-refractivity contribution in [1.29, 1.82) is 0 Å². The summed E-state index contributed by atoms with van der Waals surface area (Å²) in [6, 6.07) is 24.0. The quantitative estimate of drug-likeness (QED) is 0.130. The van der Waals surface area contributed by atoms with Gasteiger partial charge in [-0.25, -0.2) is 9.37 Å². The average Bonchev–Trinajstić information content (AvgIpc) is 3.89. The molecule has 268 valence electrons. The van der Waals surface area contributed by atoms with Crippen molar-refractivity contribution in [3.05, 3.63) is 114 Å². The Morgan fingerprint density at radius 2 is 1.73 bits per heavy atom. The molecule has 0 spiro atoms. The van der Waals surface area contributed by atoms with Crippen molar-refractivity contribution in [2.45, 2.75) is 56.5 Å². The topological polar surface area (TPSA) is 103 Å². The van der Waals surface area contributed by atoms with E-state index in [2.05, 4.69) is 26.2 Å². The summed E-state index contributed by atoms with van der Waals surface area (Å²) in [6.07, 6.45) is 6.92. The number of likely N-dealkylation sites (tertiary alicyclic amines) is 1. The van der Waals surface area contributed by atoms with Gasteiger partial charge in [0.15, 0.2) is 0 Å². The van der Waals surface area contributed by atoms with Crippen LogP contribution in [0.3, 0.4) is 0 Å². The molecule has 5 aromatic rings. The monoisotopic (exact) mass is 695 g/mol. The fraction of sp³-hybridized carbons (Fsp3) is 0.400. The molecule has 2 unspecified atom stereocenters. The van der Waals surface area contributed by atoms with Gasteiger partial charge in [-0.05, 0) is 86.7 Å². The number of fused-ring (bicyclic) bond motifs is 1. The predicted molar refractivity (Wildman–Crippen MR) is 193 cm³/mol. The third-order valence-electron chi connectivity index (χ3n) is 10.8. The number of carbonyl (C=O) groups is 1. The highest BCUT2D eigenvalue weighted by Crippen LogP contribution is 2.46. The molecular formula is C40H46FN5O5. The van der Waals surface area contributed by atoms with E-state index in [9.17, 15) is 9.18 Å². The lowest BCUT2D eigenvalue weighted by molar-refractivity contribution is -0.234. The number of carbonyl (C=O) groups excluding carboxylic acids is 1. The fourth-order valence-corrected chi connectivity index (χ4v) is 8.00. The number of methoxy groups -OCH3 is 3. The molecule has 2 atom stereocenters. The number of hydrogen-bond donors (Lipinski definition) is 2. The number of para-hydroxylation sites is 3. The zero-order chi connectivity index (χ0) is 35.4. The molecule has 2 saturated heterocycles. The summed E-state index contributed by atoms with van der Waals surface area (Å²) in [5.74, 6) is -0.162. The predicted octanol–water partition coefficient (Wildman–Crippen LogP) is 6.36. The fourth-order valence-electron chi connectivity index (χ4n) is 8.00. The molecule has 2 aliphatic heterocycles. The standard InChI is InChI=1S/C40H46FN5O5/c1-48-35-11-7-4-8-32(35)40(49-2,50-3)36-25-39(37(47)44-36,24-28-12-14-30(41)15-13-28)19-22-45-20-16-31(17-21-45)42-38-43-33-9-5-6-10-34(33)46(38)26-29-18-23-51-27-29/h4-15,18,23,27,31,36H,16-17,19-22,24-26H2,1-3H3,(H,42,43)(H,44,47). The number of nitrogens with zero attached hydrogens (tertiary/aromatic N) is 3. The van der Waals surface area contributed by atoms with Gasteiger partial charge >= 0.3 is 0 Å². The van der Waals surface area contributed by atoms with Gasteiger partial charge in [-0.15, -0.1) is 0 Å². The lowest BCUT2D eigenvalue weighted by Crippen LogP contribution is -2.49. The molecule has 2 aliphatic rings. The van der Waals surface area contributed by atoms with Gasteiger partial charge in [-0.3, -0.25) is 4.79 Å². The number of anilines is 1. The van der Waals surface area contributed by atoms with Crippen molar-refractivity contribution < 1.29 is 27.8 Å². The number of benzene rings is 3. The maximum Gasteiger partial charge on any atom is 0.227 e. The Bertz CT molecular complexity index is 1920. The molecule has 4 heterocycles. The summed E-state index contributed by atoms with van der Waals surface area (Å²) in [5, 5.41) is 7.00. The van der Waals surface area contributed by atoms with Crippen molar-refractivity contribution in [2.75, 3.05) is 46.3 Å². The number of rotatable bonds is 14. The third-order valence-corrected chi connectivity index (χ3v) is 10.8. The Morgan fingerprint density at radius 3 is 2.45 bits per heavy atom. The highest BCUT2D eigenvalue weighted by Gasteiger charge is 2.56. The smallest absolute Gasteiger partial charge is 0.227 e. The van der Waals surface area contributed by atoms with Gasteiger partial charge < -0.3 is 38.7 Å². The van der Waals surface area contributed by atoms with Gasteiger partial charge in [-0.2, -0.15) is 0 Å². The summed E-state index contributed by atoms with van der Waals surface area (Å²) < 4.78 is 39.4. The second kappa shape index (κ2) is 14.9. The van der Waals surface area contributed by atoms with E-state index in [1.54, 1.807) is 46.0 Å². The van der Waals surface area contributed by atoms with Crippen LogP contribution < -0.4 is 15.4 Å². The molecule has 2 N–H and O–H groups in total. The van der Waals surface area contributed by atoms with Crippen LogP contribution in [-0.2, 0) is 33.0 Å². The molecular weight excluding hydrogens is 649 g/mol. The highest BCUT2D eigenvalue weighted by molar-refractivity contribution is 5.86. The van der Waals surface area contributed by atoms with Crippen molar-refractivity contribution in [2.24, 2.45) is 5.41 Å². The van der Waals surface area contributed by atoms with Crippen LogP contribution >= 0.6 is 0 Å². The molecule has 2 fully saturated rings. The van der Waals surface area contributed by atoms with E-state index in [-0.39, 0.29) is 17.8 Å².